The van der Waals surface area contributed by atoms with Crippen LogP contribution in [0.15, 0.2) is 81.7 Å². The van der Waals surface area contributed by atoms with Crippen molar-refractivity contribution < 1.29 is 0 Å². The van der Waals surface area contributed by atoms with Crippen LogP contribution in [0.25, 0.3) is 38.5 Å². The smallest absolute Gasteiger partial charge is 0.306 e. The molecule has 2 heterocycles. The normalized spacial score (nSPS) is 11.3. The Morgan fingerprint density at radius 2 is 1.71 bits per heavy atom. The Morgan fingerprint density at radius 1 is 0.893 bits per heavy atom. The zero-order chi connectivity index (χ0) is 19.3. The molecular weight excluding hydrogens is 392 g/mol. The number of nitrogens with one attached hydrogen (secondary N) is 1. The fraction of sp³-hybridized carbons (Fsp3) is 0. The molecule has 5 aromatic rings. The van der Waals surface area contributed by atoms with Crippen LogP contribution in [0.1, 0.15) is 0 Å². The summed E-state index contributed by atoms with van der Waals surface area (Å²) < 4.78 is 1.87. The number of thiophene rings is 1. The second kappa shape index (κ2) is 6.48. The molecule has 6 heteroatoms. The summed E-state index contributed by atoms with van der Waals surface area (Å²) in [7, 11) is 0. The van der Waals surface area contributed by atoms with Gasteiger partial charge in [0, 0.05) is 10.9 Å². The lowest BCUT2D eigenvalue weighted by molar-refractivity contribution is 0.908. The van der Waals surface area contributed by atoms with Crippen LogP contribution in [0.2, 0.25) is 4.34 Å². The van der Waals surface area contributed by atoms with Gasteiger partial charge in [0.2, 0.25) is 0 Å². The molecule has 0 spiro atoms. The molecule has 0 fully saturated rings. The van der Waals surface area contributed by atoms with Crippen LogP contribution in [0.4, 0.5) is 0 Å². The Morgan fingerprint density at radius 3 is 2.54 bits per heavy atom. The van der Waals surface area contributed by atoms with Crippen molar-refractivity contribution in [1.29, 1.82) is 0 Å². The minimum Gasteiger partial charge on any atom is -0.306 e. The molecule has 28 heavy (non-hydrogen) atoms. The van der Waals surface area contributed by atoms with Crippen molar-refractivity contribution in [2.45, 2.75) is 0 Å². The molecule has 0 saturated heterocycles. The van der Waals surface area contributed by atoms with Crippen LogP contribution < -0.4 is 11.2 Å². The lowest BCUT2D eigenvalue weighted by Gasteiger charge is -2.10. The van der Waals surface area contributed by atoms with Gasteiger partial charge in [0.1, 0.15) is 4.34 Å². The lowest BCUT2D eigenvalue weighted by atomic mass is 10.1. The first kappa shape index (κ1) is 17.0. The topological polar surface area (TPSA) is 54.9 Å². The zero-order valence-corrected chi connectivity index (χ0v) is 16.1. The highest BCUT2D eigenvalue weighted by Gasteiger charge is 2.13. The molecule has 1 N–H and O–H groups in total. The van der Waals surface area contributed by atoms with E-state index in [4.69, 9.17) is 11.6 Å². The van der Waals surface area contributed by atoms with Gasteiger partial charge in [0.15, 0.2) is 0 Å². The predicted octanol–water partition coefficient (Wildman–Crippen LogP) is 5.21. The van der Waals surface area contributed by atoms with Gasteiger partial charge in [-0.05, 0) is 40.6 Å². The standard InChI is InChI=1S/C22H13ClN2O2S/c23-20-16(10-11-28-20)14-8-9-17-18(12-14)24-22(27)25(21(17)26)19-7-3-5-13-4-1-2-6-15(13)19/h1-12H,(H,24,27). The van der Waals surface area contributed by atoms with Gasteiger partial charge in [-0.15, -0.1) is 11.3 Å². The van der Waals surface area contributed by atoms with Gasteiger partial charge >= 0.3 is 5.69 Å². The van der Waals surface area contributed by atoms with Gasteiger partial charge < -0.3 is 4.98 Å². The second-order valence-electron chi connectivity index (χ2n) is 6.44. The Kier molecular flexibility index (Phi) is 3.93. The molecule has 0 aliphatic heterocycles. The van der Waals surface area contributed by atoms with E-state index in [0.717, 1.165) is 21.9 Å². The summed E-state index contributed by atoms with van der Waals surface area (Å²) in [5.74, 6) is 0. The van der Waals surface area contributed by atoms with E-state index in [1.165, 1.54) is 15.9 Å². The SMILES string of the molecule is O=c1[nH]c2cc(-c3ccsc3Cl)ccc2c(=O)n1-c1cccc2ccccc12. The lowest BCUT2D eigenvalue weighted by Crippen LogP contribution is -2.33. The van der Waals surface area contributed by atoms with Gasteiger partial charge in [0.05, 0.1) is 16.6 Å². The van der Waals surface area contributed by atoms with Crippen molar-refractivity contribution in [2.24, 2.45) is 0 Å². The van der Waals surface area contributed by atoms with Gasteiger partial charge in [-0.1, -0.05) is 54.1 Å². The van der Waals surface area contributed by atoms with Crippen molar-refractivity contribution in [3.63, 3.8) is 0 Å². The van der Waals surface area contributed by atoms with Crippen molar-refractivity contribution >= 4 is 44.6 Å². The number of nitrogens with zero attached hydrogens (tertiary/aromatic N) is 1. The molecule has 0 saturated carbocycles. The van der Waals surface area contributed by atoms with Crippen LogP contribution >= 0.6 is 22.9 Å². The number of H-pyrrole nitrogens is 1. The summed E-state index contributed by atoms with van der Waals surface area (Å²) in [6.45, 7) is 0. The molecule has 136 valence electrons. The fourth-order valence-electron chi connectivity index (χ4n) is 3.51. The third-order valence-corrected chi connectivity index (χ3v) is 6.00. The van der Waals surface area contributed by atoms with Gasteiger partial charge in [0.25, 0.3) is 5.56 Å². The highest BCUT2D eigenvalue weighted by Crippen LogP contribution is 2.33. The average Bonchev–Trinajstić information content (AvgIpc) is 3.13. The van der Waals surface area contributed by atoms with Crippen LogP contribution in [0.5, 0.6) is 0 Å². The Labute approximate surface area is 168 Å². The van der Waals surface area contributed by atoms with Gasteiger partial charge in [-0.25, -0.2) is 9.36 Å². The molecule has 0 aliphatic carbocycles. The summed E-state index contributed by atoms with van der Waals surface area (Å²) in [5.41, 5.74) is 1.98. The number of aromatic nitrogens is 2. The summed E-state index contributed by atoms with van der Waals surface area (Å²) in [4.78, 5) is 28.9. The molecule has 0 bridgehead atoms. The van der Waals surface area contributed by atoms with E-state index in [9.17, 15) is 9.59 Å². The first-order chi connectivity index (χ1) is 13.6. The predicted molar refractivity (Wildman–Crippen MR) is 116 cm³/mol. The molecular formula is C22H13ClN2O2S. The van der Waals surface area contributed by atoms with Crippen LogP contribution in [0.3, 0.4) is 0 Å². The Hall–Kier alpha value is -3.15. The highest BCUT2D eigenvalue weighted by molar-refractivity contribution is 7.15. The molecule has 0 unspecified atom stereocenters. The van der Waals surface area contributed by atoms with E-state index in [-0.39, 0.29) is 5.56 Å². The van der Waals surface area contributed by atoms with Crippen molar-refractivity contribution in [1.82, 2.24) is 9.55 Å². The minimum atomic E-state index is -0.470. The summed E-state index contributed by atoms with van der Waals surface area (Å²) in [6.07, 6.45) is 0. The maximum Gasteiger partial charge on any atom is 0.333 e. The Balaban J connectivity index is 1.79. The number of rotatable bonds is 2. The summed E-state index contributed by atoms with van der Waals surface area (Å²) in [6, 6.07) is 20.6. The number of aromatic amines is 1. The minimum absolute atomic E-state index is 0.349. The maximum atomic E-state index is 13.2. The molecule has 0 atom stereocenters. The Bertz CT molecular complexity index is 1470. The molecule has 0 aliphatic rings. The van der Waals surface area contributed by atoms with Crippen molar-refractivity contribution in [2.75, 3.05) is 0 Å². The fourth-order valence-corrected chi connectivity index (χ4v) is 4.47. The molecule has 4 nitrogen and oxygen atoms in total. The quantitative estimate of drug-likeness (QED) is 0.439. The molecule has 0 amide bonds. The average molecular weight is 405 g/mol. The third kappa shape index (κ3) is 2.59. The third-order valence-electron chi connectivity index (χ3n) is 4.83. The van der Waals surface area contributed by atoms with E-state index >= 15 is 0 Å². The highest BCUT2D eigenvalue weighted by atomic mass is 35.5. The van der Waals surface area contributed by atoms with Gasteiger partial charge in [-0.3, -0.25) is 4.79 Å². The first-order valence-electron chi connectivity index (χ1n) is 8.64. The van der Waals surface area contributed by atoms with E-state index in [1.54, 1.807) is 18.2 Å². The number of hydrogen-bond donors (Lipinski definition) is 1. The largest absolute Gasteiger partial charge is 0.333 e. The zero-order valence-electron chi connectivity index (χ0n) is 14.5. The van der Waals surface area contributed by atoms with E-state index in [0.29, 0.717) is 20.9 Å². The maximum absolute atomic E-state index is 13.2. The van der Waals surface area contributed by atoms with Gasteiger partial charge in [-0.2, -0.15) is 0 Å². The molecule has 2 aromatic heterocycles. The number of hydrogen-bond acceptors (Lipinski definition) is 3. The van der Waals surface area contributed by atoms with Crippen LogP contribution in [-0.2, 0) is 0 Å². The van der Waals surface area contributed by atoms with Crippen molar-refractivity contribution in [3.05, 3.63) is 97.3 Å². The number of benzene rings is 3. The molecule has 5 rings (SSSR count). The molecule has 0 radical (unpaired) electrons. The second-order valence-corrected chi connectivity index (χ2v) is 7.96. The van der Waals surface area contributed by atoms with E-state index < -0.39 is 5.69 Å². The first-order valence-corrected chi connectivity index (χ1v) is 9.90. The van der Waals surface area contributed by atoms with Crippen molar-refractivity contribution in [3.8, 4) is 16.8 Å². The van der Waals surface area contributed by atoms with E-state index in [1.807, 2.05) is 53.9 Å². The summed E-state index contributed by atoms with van der Waals surface area (Å²) in [5, 5.41) is 4.17. The molecule has 3 aromatic carbocycles. The monoisotopic (exact) mass is 404 g/mol. The van der Waals surface area contributed by atoms with Crippen LogP contribution in [-0.4, -0.2) is 9.55 Å². The van der Waals surface area contributed by atoms with E-state index in [2.05, 4.69) is 4.98 Å². The number of halogens is 1. The summed E-state index contributed by atoms with van der Waals surface area (Å²) >= 11 is 7.67. The number of fused-ring (bicyclic) bond motifs is 2. The van der Waals surface area contributed by atoms with Crippen LogP contribution in [0, 0.1) is 0 Å².